The Morgan fingerprint density at radius 1 is 1.24 bits per heavy atom. The lowest BCUT2D eigenvalue weighted by Gasteiger charge is -2.34. The zero-order valence-corrected chi connectivity index (χ0v) is 12.8. The normalized spacial score (nSPS) is 21.4. The third-order valence-electron chi connectivity index (χ3n) is 4.20. The van der Waals surface area contributed by atoms with Crippen LogP contribution in [0.15, 0.2) is 24.3 Å². The molecule has 2 atom stereocenters. The molecule has 0 bridgehead atoms. The highest BCUT2D eigenvalue weighted by Gasteiger charge is 2.31. The summed E-state index contributed by atoms with van der Waals surface area (Å²) in [6.07, 6.45) is -0.0721. The average Bonchev–Trinajstić information content (AvgIpc) is 2.87. The molecule has 1 aromatic carbocycles. The number of hydrogen-bond donors (Lipinski definition) is 1. The second-order valence-corrected chi connectivity index (χ2v) is 6.01. The summed E-state index contributed by atoms with van der Waals surface area (Å²) in [6.45, 7) is 2.54. The molecule has 2 unspecified atom stereocenters. The van der Waals surface area contributed by atoms with Gasteiger partial charge in [0.2, 0.25) is 0 Å². The summed E-state index contributed by atoms with van der Waals surface area (Å²) >= 11 is 0. The fourth-order valence-corrected chi connectivity index (χ4v) is 3.21. The number of halogens is 2. The Kier molecular flexibility index (Phi) is 5.67. The zero-order chi connectivity index (χ0) is 15.4. The molecule has 0 spiro atoms. The van der Waals surface area contributed by atoms with E-state index in [4.69, 9.17) is 5.73 Å². The molecule has 0 saturated carbocycles. The van der Waals surface area contributed by atoms with Crippen molar-refractivity contribution in [2.75, 3.05) is 33.7 Å². The molecule has 0 aliphatic carbocycles. The number of rotatable bonds is 6. The second-order valence-electron chi connectivity index (χ2n) is 6.01. The van der Waals surface area contributed by atoms with Crippen molar-refractivity contribution in [3.8, 4) is 0 Å². The van der Waals surface area contributed by atoms with Gasteiger partial charge < -0.3 is 10.6 Å². The highest BCUT2D eigenvalue weighted by molar-refractivity contribution is 5.26. The highest BCUT2D eigenvalue weighted by Crippen LogP contribution is 2.30. The van der Waals surface area contributed by atoms with Gasteiger partial charge in [0.25, 0.3) is 6.43 Å². The van der Waals surface area contributed by atoms with Gasteiger partial charge in [-0.05, 0) is 39.0 Å². The summed E-state index contributed by atoms with van der Waals surface area (Å²) in [5, 5.41) is 0. The molecule has 1 saturated heterocycles. The third-order valence-corrected chi connectivity index (χ3v) is 4.20. The Labute approximate surface area is 125 Å². The average molecular weight is 297 g/mol. The molecule has 1 aliphatic heterocycles. The van der Waals surface area contributed by atoms with Crippen LogP contribution in [0, 0.1) is 0 Å². The molecule has 21 heavy (non-hydrogen) atoms. The van der Waals surface area contributed by atoms with Crippen LogP contribution in [0.5, 0.6) is 0 Å². The van der Waals surface area contributed by atoms with Gasteiger partial charge in [-0.15, -0.1) is 0 Å². The summed E-state index contributed by atoms with van der Waals surface area (Å²) in [4.78, 5) is 4.62. The number of likely N-dealkylation sites (tertiary alicyclic amines) is 1. The zero-order valence-electron chi connectivity index (χ0n) is 12.8. The molecular weight excluding hydrogens is 272 g/mol. The van der Waals surface area contributed by atoms with Gasteiger partial charge in [-0.2, -0.15) is 0 Å². The third kappa shape index (κ3) is 3.99. The molecule has 2 rings (SSSR count). The Balaban J connectivity index is 2.14. The number of nitrogens with two attached hydrogens (primary N) is 1. The molecule has 1 aromatic rings. The molecule has 1 fully saturated rings. The van der Waals surface area contributed by atoms with Gasteiger partial charge in [0, 0.05) is 30.7 Å². The van der Waals surface area contributed by atoms with Gasteiger partial charge in [-0.3, -0.25) is 4.90 Å². The topological polar surface area (TPSA) is 32.5 Å². The lowest BCUT2D eigenvalue weighted by atomic mass is 10.0. The molecule has 0 radical (unpaired) electrons. The molecule has 5 heteroatoms. The maximum atomic E-state index is 12.6. The minimum Gasteiger partial charge on any atom is -0.329 e. The molecule has 0 amide bonds. The monoisotopic (exact) mass is 297 g/mol. The summed E-state index contributed by atoms with van der Waals surface area (Å²) in [6, 6.07) is 7.22. The number of hydrogen-bond acceptors (Lipinski definition) is 3. The molecule has 2 N–H and O–H groups in total. The van der Waals surface area contributed by atoms with Crippen molar-refractivity contribution in [1.82, 2.24) is 9.80 Å². The second kappa shape index (κ2) is 7.29. The smallest absolute Gasteiger partial charge is 0.263 e. The van der Waals surface area contributed by atoms with E-state index in [0.29, 0.717) is 12.6 Å². The van der Waals surface area contributed by atoms with E-state index in [0.717, 1.165) is 18.7 Å². The number of likely N-dealkylation sites (N-methyl/N-ethyl adjacent to an activating group) is 1. The van der Waals surface area contributed by atoms with Crippen molar-refractivity contribution in [2.24, 2.45) is 5.73 Å². The van der Waals surface area contributed by atoms with E-state index in [-0.39, 0.29) is 11.6 Å². The summed E-state index contributed by atoms with van der Waals surface area (Å²) in [7, 11) is 4.15. The van der Waals surface area contributed by atoms with E-state index in [9.17, 15) is 8.78 Å². The first kappa shape index (κ1) is 16.3. The molecule has 118 valence electrons. The van der Waals surface area contributed by atoms with Crippen molar-refractivity contribution < 1.29 is 8.78 Å². The lowest BCUT2D eigenvalue weighted by molar-refractivity contribution is 0.150. The SMILES string of the molecule is CN(C)CC1CCCN1C(CN)c1ccc(C(F)F)cc1. The van der Waals surface area contributed by atoms with Gasteiger partial charge in [-0.1, -0.05) is 24.3 Å². The summed E-state index contributed by atoms with van der Waals surface area (Å²) < 4.78 is 25.3. The van der Waals surface area contributed by atoms with Crippen LogP contribution in [-0.2, 0) is 0 Å². The molecule has 0 aromatic heterocycles. The minimum atomic E-state index is -2.41. The van der Waals surface area contributed by atoms with E-state index in [1.165, 1.54) is 25.0 Å². The minimum absolute atomic E-state index is 0.0702. The van der Waals surface area contributed by atoms with Crippen molar-refractivity contribution in [3.05, 3.63) is 35.4 Å². The quantitative estimate of drug-likeness (QED) is 0.876. The van der Waals surface area contributed by atoms with Crippen LogP contribution >= 0.6 is 0 Å². The first-order valence-corrected chi connectivity index (χ1v) is 7.51. The van der Waals surface area contributed by atoms with Crippen LogP contribution in [0.2, 0.25) is 0 Å². The van der Waals surface area contributed by atoms with E-state index in [1.54, 1.807) is 12.1 Å². The van der Waals surface area contributed by atoms with Crippen LogP contribution in [0.4, 0.5) is 8.78 Å². The molecule has 1 heterocycles. The fraction of sp³-hybridized carbons (Fsp3) is 0.625. The maximum absolute atomic E-state index is 12.6. The van der Waals surface area contributed by atoms with Crippen LogP contribution in [-0.4, -0.2) is 49.6 Å². The van der Waals surface area contributed by atoms with E-state index >= 15 is 0 Å². The number of alkyl halides is 2. The van der Waals surface area contributed by atoms with Crippen molar-refractivity contribution in [3.63, 3.8) is 0 Å². The number of benzene rings is 1. The van der Waals surface area contributed by atoms with Crippen LogP contribution < -0.4 is 5.73 Å². The predicted molar refractivity (Wildman–Crippen MR) is 81.5 cm³/mol. The first-order chi connectivity index (χ1) is 10.0. The number of nitrogens with zero attached hydrogens (tertiary/aromatic N) is 2. The Morgan fingerprint density at radius 2 is 1.86 bits per heavy atom. The Morgan fingerprint density at radius 3 is 2.38 bits per heavy atom. The van der Waals surface area contributed by atoms with Gasteiger partial charge in [0.1, 0.15) is 0 Å². The van der Waals surface area contributed by atoms with Crippen molar-refractivity contribution >= 4 is 0 Å². The summed E-state index contributed by atoms with van der Waals surface area (Å²) in [5.74, 6) is 0. The van der Waals surface area contributed by atoms with Gasteiger partial charge >= 0.3 is 0 Å². The standard InChI is InChI=1S/C16H25F2N3/c1-20(2)11-14-4-3-9-21(14)15(10-19)12-5-7-13(8-6-12)16(17)18/h5-8,14-16H,3-4,9-11,19H2,1-2H3. The molecular formula is C16H25F2N3. The van der Waals surface area contributed by atoms with E-state index < -0.39 is 6.43 Å². The van der Waals surface area contributed by atoms with Crippen LogP contribution in [0.1, 0.15) is 36.4 Å². The van der Waals surface area contributed by atoms with Gasteiger partial charge in [0.15, 0.2) is 0 Å². The van der Waals surface area contributed by atoms with E-state index in [1.807, 2.05) is 0 Å². The predicted octanol–water partition coefficient (Wildman–Crippen LogP) is 2.65. The van der Waals surface area contributed by atoms with Crippen LogP contribution in [0.3, 0.4) is 0 Å². The summed E-state index contributed by atoms with van der Waals surface area (Å²) in [5.41, 5.74) is 7.08. The highest BCUT2D eigenvalue weighted by atomic mass is 19.3. The van der Waals surface area contributed by atoms with Crippen molar-refractivity contribution in [2.45, 2.75) is 31.4 Å². The van der Waals surface area contributed by atoms with Crippen molar-refractivity contribution in [1.29, 1.82) is 0 Å². The lowest BCUT2D eigenvalue weighted by Crippen LogP contribution is -2.42. The van der Waals surface area contributed by atoms with E-state index in [2.05, 4.69) is 23.9 Å². The largest absolute Gasteiger partial charge is 0.329 e. The molecule has 1 aliphatic rings. The first-order valence-electron chi connectivity index (χ1n) is 7.51. The molecule has 3 nitrogen and oxygen atoms in total. The Hall–Kier alpha value is -1.04. The van der Waals surface area contributed by atoms with Gasteiger partial charge in [0.05, 0.1) is 0 Å². The Bertz CT molecular complexity index is 434. The fourth-order valence-electron chi connectivity index (χ4n) is 3.21. The van der Waals surface area contributed by atoms with Crippen LogP contribution in [0.25, 0.3) is 0 Å². The maximum Gasteiger partial charge on any atom is 0.263 e. The van der Waals surface area contributed by atoms with Gasteiger partial charge in [-0.25, -0.2) is 8.78 Å².